The van der Waals surface area contributed by atoms with Gasteiger partial charge in [0.2, 0.25) is 5.91 Å². The van der Waals surface area contributed by atoms with Gasteiger partial charge in [0.15, 0.2) is 0 Å². The normalized spacial score (nSPS) is 15.8. The third-order valence-corrected chi connectivity index (χ3v) is 4.60. The van der Waals surface area contributed by atoms with E-state index in [1.807, 2.05) is 43.5 Å². The second-order valence-corrected chi connectivity index (χ2v) is 6.38. The van der Waals surface area contributed by atoms with E-state index >= 15 is 0 Å². The number of carbonyl (C=O) groups excluding carboxylic acids is 1. The number of amides is 1. The molecule has 1 aromatic heterocycles. The van der Waals surface area contributed by atoms with Gasteiger partial charge in [-0.25, -0.2) is 9.07 Å². The molecular formula is C21H18FN3O. The lowest BCUT2D eigenvalue weighted by atomic mass is 10.1. The second-order valence-electron chi connectivity index (χ2n) is 6.38. The summed E-state index contributed by atoms with van der Waals surface area (Å²) in [6.45, 7) is 2.41. The Balaban J connectivity index is 1.37. The highest BCUT2D eigenvalue weighted by Gasteiger charge is 2.39. The van der Waals surface area contributed by atoms with Crippen molar-refractivity contribution in [1.29, 1.82) is 0 Å². The molecule has 1 aliphatic carbocycles. The van der Waals surface area contributed by atoms with Gasteiger partial charge in [-0.2, -0.15) is 5.10 Å². The maximum absolute atomic E-state index is 13.0. The number of hydrogen-bond donors (Lipinski definition) is 1. The van der Waals surface area contributed by atoms with E-state index in [4.69, 9.17) is 0 Å². The van der Waals surface area contributed by atoms with Crippen LogP contribution >= 0.6 is 0 Å². The minimum atomic E-state index is -0.282. The molecule has 0 spiro atoms. The summed E-state index contributed by atoms with van der Waals surface area (Å²) in [5.74, 6) is -0.407. The molecule has 1 N–H and O–H groups in total. The van der Waals surface area contributed by atoms with Crippen molar-refractivity contribution in [2.75, 3.05) is 0 Å². The fourth-order valence-corrected chi connectivity index (χ4v) is 3.15. The summed E-state index contributed by atoms with van der Waals surface area (Å²) in [7, 11) is 0. The van der Waals surface area contributed by atoms with Crippen molar-refractivity contribution in [1.82, 2.24) is 15.1 Å². The first-order valence-electron chi connectivity index (χ1n) is 8.47. The molecule has 0 saturated carbocycles. The first-order chi connectivity index (χ1) is 12.6. The van der Waals surface area contributed by atoms with Crippen LogP contribution in [0.3, 0.4) is 0 Å². The van der Waals surface area contributed by atoms with Gasteiger partial charge in [-0.05, 0) is 42.3 Å². The lowest BCUT2D eigenvalue weighted by Gasteiger charge is -2.04. The quantitative estimate of drug-likeness (QED) is 0.764. The van der Waals surface area contributed by atoms with Crippen molar-refractivity contribution in [3.8, 4) is 5.69 Å². The lowest BCUT2D eigenvalue weighted by Crippen LogP contribution is -2.25. The number of halogens is 1. The minimum Gasteiger partial charge on any atom is -0.351 e. The Hall–Kier alpha value is -3.21. The van der Waals surface area contributed by atoms with Gasteiger partial charge in [0, 0.05) is 18.3 Å². The Morgan fingerprint density at radius 3 is 2.62 bits per heavy atom. The van der Waals surface area contributed by atoms with Gasteiger partial charge in [-0.3, -0.25) is 4.79 Å². The standard InChI is InChI=1S/C21H18FN3O/c1-14-19(16-5-3-2-4-6-16)20(14)21(26)23-11-15-12-24-25(13-15)18-9-7-17(22)8-10-18/h2-10,12-13,20H,11H2,1H3,(H,23,26). The van der Waals surface area contributed by atoms with Crippen LogP contribution in [0.2, 0.25) is 0 Å². The van der Waals surface area contributed by atoms with Crippen LogP contribution in [0, 0.1) is 11.7 Å². The molecule has 130 valence electrons. The van der Waals surface area contributed by atoms with E-state index < -0.39 is 0 Å². The Morgan fingerprint density at radius 2 is 1.88 bits per heavy atom. The maximum Gasteiger partial charge on any atom is 0.231 e. The molecule has 0 bridgehead atoms. The fraction of sp³-hybridized carbons (Fsp3) is 0.143. The molecule has 5 heteroatoms. The molecule has 26 heavy (non-hydrogen) atoms. The third-order valence-electron chi connectivity index (χ3n) is 4.60. The SMILES string of the molecule is CC1=C(c2ccccc2)C1C(=O)NCc1cnn(-c2ccc(F)cc2)c1. The Bertz CT molecular complexity index is 974. The number of rotatable bonds is 5. The zero-order valence-corrected chi connectivity index (χ0v) is 14.3. The number of nitrogens with zero attached hydrogens (tertiary/aromatic N) is 2. The minimum absolute atomic E-state index is 0.0101. The first-order valence-corrected chi connectivity index (χ1v) is 8.47. The van der Waals surface area contributed by atoms with Crippen LogP contribution in [0.25, 0.3) is 11.3 Å². The number of hydrogen-bond acceptors (Lipinski definition) is 2. The van der Waals surface area contributed by atoms with Crippen LogP contribution in [0.15, 0.2) is 72.6 Å². The van der Waals surface area contributed by atoms with Crippen LogP contribution in [-0.2, 0) is 11.3 Å². The van der Waals surface area contributed by atoms with Gasteiger partial charge in [0.05, 0.1) is 17.8 Å². The predicted octanol–water partition coefficient (Wildman–Crippen LogP) is 3.73. The first kappa shape index (κ1) is 16.3. The average Bonchev–Trinajstić information content (AvgIpc) is 3.11. The van der Waals surface area contributed by atoms with Gasteiger partial charge >= 0.3 is 0 Å². The molecule has 0 aliphatic heterocycles. The lowest BCUT2D eigenvalue weighted by molar-refractivity contribution is -0.121. The largest absolute Gasteiger partial charge is 0.351 e. The van der Waals surface area contributed by atoms with Gasteiger partial charge in [0.1, 0.15) is 5.82 Å². The molecule has 4 nitrogen and oxygen atoms in total. The van der Waals surface area contributed by atoms with Gasteiger partial charge in [0.25, 0.3) is 0 Å². The highest BCUT2D eigenvalue weighted by Crippen LogP contribution is 2.46. The Kier molecular flexibility index (Phi) is 4.13. The van der Waals surface area contributed by atoms with Gasteiger partial charge in [-0.1, -0.05) is 35.9 Å². The second kappa shape index (κ2) is 6.59. The molecule has 1 unspecified atom stereocenters. The Morgan fingerprint density at radius 1 is 1.15 bits per heavy atom. The van der Waals surface area contributed by atoms with Crippen LogP contribution in [0.4, 0.5) is 4.39 Å². The smallest absolute Gasteiger partial charge is 0.231 e. The molecule has 1 aliphatic rings. The number of nitrogens with one attached hydrogen (secondary N) is 1. The van der Waals surface area contributed by atoms with Crippen molar-refractivity contribution in [2.45, 2.75) is 13.5 Å². The highest BCUT2D eigenvalue weighted by atomic mass is 19.1. The fourth-order valence-electron chi connectivity index (χ4n) is 3.15. The van der Waals surface area contributed by atoms with Crippen molar-refractivity contribution in [2.24, 2.45) is 5.92 Å². The summed E-state index contributed by atoms with van der Waals surface area (Å²) >= 11 is 0. The van der Waals surface area contributed by atoms with E-state index in [-0.39, 0.29) is 17.6 Å². The maximum atomic E-state index is 13.0. The van der Waals surface area contributed by atoms with Crippen LogP contribution < -0.4 is 5.32 Å². The molecule has 0 radical (unpaired) electrons. The van der Waals surface area contributed by atoms with E-state index in [2.05, 4.69) is 10.4 Å². The van der Waals surface area contributed by atoms with Crippen molar-refractivity contribution in [3.05, 3.63) is 89.5 Å². The molecule has 3 aromatic rings. The van der Waals surface area contributed by atoms with E-state index in [0.717, 1.165) is 28.0 Å². The summed E-state index contributed by atoms with van der Waals surface area (Å²) in [4.78, 5) is 12.5. The van der Waals surface area contributed by atoms with Crippen molar-refractivity contribution >= 4 is 11.5 Å². The highest BCUT2D eigenvalue weighted by molar-refractivity contribution is 6.05. The van der Waals surface area contributed by atoms with E-state index in [1.54, 1.807) is 23.0 Å². The molecule has 2 aromatic carbocycles. The molecule has 1 atom stereocenters. The van der Waals surface area contributed by atoms with Gasteiger partial charge in [-0.15, -0.1) is 0 Å². The molecule has 1 amide bonds. The van der Waals surface area contributed by atoms with Crippen LogP contribution in [-0.4, -0.2) is 15.7 Å². The van der Waals surface area contributed by atoms with Crippen molar-refractivity contribution < 1.29 is 9.18 Å². The van der Waals surface area contributed by atoms with E-state index in [0.29, 0.717) is 6.54 Å². The van der Waals surface area contributed by atoms with Crippen molar-refractivity contribution in [3.63, 3.8) is 0 Å². The third kappa shape index (κ3) is 3.16. The zero-order chi connectivity index (χ0) is 18.1. The molecule has 1 heterocycles. The number of aromatic nitrogens is 2. The van der Waals surface area contributed by atoms with Crippen LogP contribution in [0.5, 0.6) is 0 Å². The number of carbonyl (C=O) groups is 1. The van der Waals surface area contributed by atoms with E-state index in [9.17, 15) is 9.18 Å². The monoisotopic (exact) mass is 347 g/mol. The predicted molar refractivity (Wildman–Crippen MR) is 97.9 cm³/mol. The molecule has 0 saturated heterocycles. The van der Waals surface area contributed by atoms with Crippen LogP contribution in [0.1, 0.15) is 18.1 Å². The summed E-state index contributed by atoms with van der Waals surface area (Å²) < 4.78 is 14.7. The Labute approximate surface area is 151 Å². The number of benzene rings is 2. The summed E-state index contributed by atoms with van der Waals surface area (Å²) in [5.41, 5.74) is 5.01. The summed E-state index contributed by atoms with van der Waals surface area (Å²) in [6.07, 6.45) is 3.54. The van der Waals surface area contributed by atoms with Gasteiger partial charge < -0.3 is 5.32 Å². The summed E-state index contributed by atoms with van der Waals surface area (Å²) in [5, 5.41) is 7.24. The summed E-state index contributed by atoms with van der Waals surface area (Å²) in [6, 6.07) is 16.1. The molecular weight excluding hydrogens is 329 g/mol. The van der Waals surface area contributed by atoms with E-state index in [1.165, 1.54) is 12.1 Å². The topological polar surface area (TPSA) is 46.9 Å². The zero-order valence-electron chi connectivity index (χ0n) is 14.3. The molecule has 4 rings (SSSR count). The molecule has 0 fully saturated rings. The average molecular weight is 347 g/mol.